The fourth-order valence-electron chi connectivity index (χ4n) is 2.22. The van der Waals surface area contributed by atoms with Crippen molar-refractivity contribution < 1.29 is 12.6 Å². The van der Waals surface area contributed by atoms with Gasteiger partial charge in [0.2, 0.25) is 0 Å². The summed E-state index contributed by atoms with van der Waals surface area (Å²) < 4.78 is 39.1. The van der Waals surface area contributed by atoms with Crippen LogP contribution in [0, 0.1) is 0 Å². The van der Waals surface area contributed by atoms with Gasteiger partial charge in [0.05, 0.1) is 5.52 Å². The van der Waals surface area contributed by atoms with E-state index >= 15 is 0 Å². The summed E-state index contributed by atoms with van der Waals surface area (Å²) in [5, 5.41) is 0.757. The maximum atomic E-state index is 12.6. The minimum atomic E-state index is -3.76. The maximum absolute atomic E-state index is 12.6. The highest BCUT2D eigenvalue weighted by atomic mass is 32.2. The van der Waals surface area contributed by atoms with E-state index in [2.05, 4.69) is 9.71 Å². The van der Waals surface area contributed by atoms with E-state index in [1.54, 1.807) is 48.9 Å². The maximum Gasteiger partial charge on any atom is 0.264 e. The van der Waals surface area contributed by atoms with Crippen molar-refractivity contribution in [2.24, 2.45) is 0 Å². The van der Waals surface area contributed by atoms with Crippen LogP contribution in [-0.4, -0.2) is 23.9 Å². The van der Waals surface area contributed by atoms with Crippen LogP contribution in [0.15, 0.2) is 70.6 Å². The van der Waals surface area contributed by atoms with Gasteiger partial charge in [-0.2, -0.15) is 0 Å². The number of hydrogen-bond acceptors (Lipinski definition) is 4. The van der Waals surface area contributed by atoms with Crippen molar-refractivity contribution >= 4 is 37.4 Å². The molecule has 7 heteroatoms. The number of pyridine rings is 1. The molecule has 3 rings (SSSR count). The van der Waals surface area contributed by atoms with Crippen LogP contribution in [0.2, 0.25) is 0 Å². The second kappa shape index (κ2) is 6.10. The predicted molar refractivity (Wildman–Crippen MR) is 91.3 cm³/mol. The monoisotopic (exact) mass is 346 g/mol. The van der Waals surface area contributed by atoms with Crippen LogP contribution in [0.25, 0.3) is 10.9 Å². The highest BCUT2D eigenvalue weighted by Gasteiger charge is 2.18. The van der Waals surface area contributed by atoms with E-state index in [1.807, 2.05) is 12.1 Å². The van der Waals surface area contributed by atoms with Crippen LogP contribution < -0.4 is 4.72 Å². The van der Waals surface area contributed by atoms with Gasteiger partial charge in [-0.1, -0.05) is 18.2 Å². The SMILES string of the molecule is CS(=O)c1ccc(NS(=O)(=O)c2cccc3cccnc23)cc1. The van der Waals surface area contributed by atoms with Crippen LogP contribution in [-0.2, 0) is 20.8 Å². The first-order valence-corrected chi connectivity index (χ1v) is 9.81. The minimum absolute atomic E-state index is 0.124. The Morgan fingerprint density at radius 1 is 1.00 bits per heavy atom. The van der Waals surface area contributed by atoms with E-state index in [4.69, 9.17) is 0 Å². The predicted octanol–water partition coefficient (Wildman–Crippen LogP) is 2.77. The zero-order valence-corrected chi connectivity index (χ0v) is 13.9. The molecule has 0 aliphatic heterocycles. The third-order valence-electron chi connectivity index (χ3n) is 3.32. The number of fused-ring (bicyclic) bond motifs is 1. The average Bonchev–Trinajstić information content (AvgIpc) is 2.54. The summed E-state index contributed by atoms with van der Waals surface area (Å²) in [5.41, 5.74) is 0.834. The number of nitrogens with zero attached hydrogens (tertiary/aromatic N) is 1. The number of rotatable bonds is 4. The fourth-order valence-corrected chi connectivity index (χ4v) is 3.98. The van der Waals surface area contributed by atoms with Crippen molar-refractivity contribution in [3.63, 3.8) is 0 Å². The normalized spacial score (nSPS) is 12.9. The molecule has 0 saturated carbocycles. The molecule has 0 bridgehead atoms. The first kappa shape index (κ1) is 15.6. The Morgan fingerprint density at radius 3 is 2.39 bits per heavy atom. The van der Waals surface area contributed by atoms with Gasteiger partial charge in [0.25, 0.3) is 10.0 Å². The molecule has 0 fully saturated rings. The Kier molecular flexibility index (Phi) is 4.14. The molecule has 1 aromatic heterocycles. The number of hydrogen-bond donors (Lipinski definition) is 1. The van der Waals surface area contributed by atoms with Gasteiger partial charge in [-0.15, -0.1) is 0 Å². The Bertz CT molecular complexity index is 978. The summed E-state index contributed by atoms with van der Waals surface area (Å²) in [7, 11) is -4.86. The van der Waals surface area contributed by atoms with Crippen molar-refractivity contribution in [3.05, 3.63) is 60.8 Å². The van der Waals surface area contributed by atoms with Crippen LogP contribution in [0.4, 0.5) is 5.69 Å². The molecule has 5 nitrogen and oxygen atoms in total. The molecule has 1 heterocycles. The molecule has 0 aliphatic rings. The van der Waals surface area contributed by atoms with E-state index in [1.165, 1.54) is 6.07 Å². The lowest BCUT2D eigenvalue weighted by molar-refractivity contribution is 0.602. The van der Waals surface area contributed by atoms with Gasteiger partial charge >= 0.3 is 0 Å². The summed E-state index contributed by atoms with van der Waals surface area (Å²) >= 11 is 0. The van der Waals surface area contributed by atoms with E-state index in [-0.39, 0.29) is 4.90 Å². The smallest absolute Gasteiger partial charge is 0.264 e. The first-order valence-electron chi connectivity index (χ1n) is 6.77. The van der Waals surface area contributed by atoms with E-state index < -0.39 is 20.8 Å². The molecule has 0 aliphatic carbocycles. The lowest BCUT2D eigenvalue weighted by atomic mass is 10.2. The van der Waals surface area contributed by atoms with Crippen molar-refractivity contribution in [1.29, 1.82) is 0 Å². The van der Waals surface area contributed by atoms with Gasteiger partial charge in [0, 0.05) is 39.2 Å². The topological polar surface area (TPSA) is 76.1 Å². The number of anilines is 1. The Hall–Kier alpha value is -2.25. The number of para-hydroxylation sites is 1. The summed E-state index contributed by atoms with van der Waals surface area (Å²) in [6.45, 7) is 0. The average molecular weight is 346 g/mol. The summed E-state index contributed by atoms with van der Waals surface area (Å²) in [4.78, 5) is 4.93. The molecule has 118 valence electrons. The van der Waals surface area contributed by atoms with Crippen LogP contribution >= 0.6 is 0 Å². The van der Waals surface area contributed by atoms with E-state index in [9.17, 15) is 12.6 Å². The van der Waals surface area contributed by atoms with Gasteiger partial charge < -0.3 is 0 Å². The van der Waals surface area contributed by atoms with Crippen molar-refractivity contribution in [1.82, 2.24) is 4.98 Å². The molecule has 3 aromatic rings. The molecular formula is C16H14N2O3S2. The fraction of sp³-hybridized carbons (Fsp3) is 0.0625. The molecule has 2 aromatic carbocycles. The van der Waals surface area contributed by atoms with Crippen LogP contribution in [0.3, 0.4) is 0 Å². The van der Waals surface area contributed by atoms with Gasteiger partial charge in [0.1, 0.15) is 4.90 Å². The lowest BCUT2D eigenvalue weighted by Gasteiger charge is -2.10. The van der Waals surface area contributed by atoms with Crippen LogP contribution in [0.5, 0.6) is 0 Å². The summed E-state index contributed by atoms with van der Waals surface area (Å²) in [5.74, 6) is 0. The number of aromatic nitrogens is 1. The summed E-state index contributed by atoms with van der Waals surface area (Å²) in [6.07, 6.45) is 3.13. The molecule has 1 N–H and O–H groups in total. The molecule has 1 atom stereocenters. The Morgan fingerprint density at radius 2 is 1.70 bits per heavy atom. The molecule has 0 spiro atoms. The Labute approximate surface area is 136 Å². The minimum Gasteiger partial charge on any atom is -0.280 e. The zero-order chi connectivity index (χ0) is 16.4. The molecule has 0 saturated heterocycles. The second-order valence-electron chi connectivity index (χ2n) is 4.92. The van der Waals surface area contributed by atoms with Gasteiger partial charge in [-0.3, -0.25) is 13.9 Å². The lowest BCUT2D eigenvalue weighted by Crippen LogP contribution is -2.13. The molecular weight excluding hydrogens is 332 g/mol. The third kappa shape index (κ3) is 3.25. The molecule has 1 unspecified atom stereocenters. The second-order valence-corrected chi connectivity index (χ2v) is 7.95. The Balaban J connectivity index is 1.99. The molecule has 0 radical (unpaired) electrons. The third-order valence-corrected chi connectivity index (χ3v) is 5.67. The van der Waals surface area contributed by atoms with Gasteiger partial charge in [-0.25, -0.2) is 8.42 Å². The largest absolute Gasteiger partial charge is 0.280 e. The molecule has 0 amide bonds. The number of nitrogens with one attached hydrogen (secondary N) is 1. The van der Waals surface area contributed by atoms with Gasteiger partial charge in [-0.05, 0) is 36.4 Å². The molecule has 23 heavy (non-hydrogen) atoms. The van der Waals surface area contributed by atoms with Crippen molar-refractivity contribution in [2.45, 2.75) is 9.79 Å². The van der Waals surface area contributed by atoms with E-state index in [0.29, 0.717) is 16.1 Å². The zero-order valence-electron chi connectivity index (χ0n) is 12.3. The number of sulfonamides is 1. The first-order chi connectivity index (χ1) is 11.0. The highest BCUT2D eigenvalue weighted by molar-refractivity contribution is 7.93. The number of benzene rings is 2. The quantitative estimate of drug-likeness (QED) is 0.788. The summed E-state index contributed by atoms with van der Waals surface area (Å²) in [6, 6.07) is 15.0. The van der Waals surface area contributed by atoms with Gasteiger partial charge in [0.15, 0.2) is 0 Å². The van der Waals surface area contributed by atoms with Crippen molar-refractivity contribution in [3.8, 4) is 0 Å². The van der Waals surface area contributed by atoms with Crippen LogP contribution in [0.1, 0.15) is 0 Å². The standard InChI is InChI=1S/C16H14N2O3S2/c1-22(19)14-9-7-13(8-10-14)18-23(20,21)15-6-2-4-12-5-3-11-17-16(12)15/h2-11,18H,1H3. The van der Waals surface area contributed by atoms with Crippen molar-refractivity contribution in [2.75, 3.05) is 11.0 Å². The van der Waals surface area contributed by atoms with E-state index in [0.717, 1.165) is 5.39 Å². The highest BCUT2D eigenvalue weighted by Crippen LogP contribution is 2.23.